The molecule has 0 spiro atoms. The van der Waals surface area contributed by atoms with Crippen molar-refractivity contribution in [2.45, 2.75) is 71.6 Å². The predicted octanol–water partition coefficient (Wildman–Crippen LogP) is 2.24. The van der Waals surface area contributed by atoms with Gasteiger partial charge in [-0.25, -0.2) is 0 Å². The van der Waals surface area contributed by atoms with Gasteiger partial charge in [0.15, 0.2) is 0 Å². The van der Waals surface area contributed by atoms with E-state index in [-0.39, 0.29) is 11.9 Å². The van der Waals surface area contributed by atoms with Crippen LogP contribution in [0, 0.1) is 5.92 Å². The highest BCUT2D eigenvalue weighted by Crippen LogP contribution is 2.17. The molecule has 26 heavy (non-hydrogen) atoms. The summed E-state index contributed by atoms with van der Waals surface area (Å²) in [4.78, 5) is 17.3. The Balaban J connectivity index is 1.57. The van der Waals surface area contributed by atoms with Crippen molar-refractivity contribution in [2.24, 2.45) is 5.92 Å². The molecule has 146 valence electrons. The highest BCUT2D eigenvalue weighted by Gasteiger charge is 2.25. The first-order valence-corrected chi connectivity index (χ1v) is 10.3. The third-order valence-electron chi connectivity index (χ3n) is 5.53. The van der Waals surface area contributed by atoms with Gasteiger partial charge in [-0.15, -0.1) is 0 Å². The van der Waals surface area contributed by atoms with Crippen LogP contribution in [0.4, 0.5) is 0 Å². The summed E-state index contributed by atoms with van der Waals surface area (Å²) in [5.74, 6) is 0.832. The Kier molecular flexibility index (Phi) is 6.70. The van der Waals surface area contributed by atoms with E-state index in [2.05, 4.69) is 46.8 Å². The molecular formula is C20H35N5O. The van der Waals surface area contributed by atoms with Crippen LogP contribution in [0.1, 0.15) is 57.3 Å². The number of likely N-dealkylation sites (tertiary alicyclic amines) is 1. The predicted molar refractivity (Wildman–Crippen MR) is 104 cm³/mol. The summed E-state index contributed by atoms with van der Waals surface area (Å²) in [5, 5.41) is 7.87. The number of hydrogen-bond donors (Lipinski definition) is 1. The lowest BCUT2D eigenvalue weighted by Gasteiger charge is -2.24. The van der Waals surface area contributed by atoms with Crippen LogP contribution >= 0.6 is 0 Å². The fourth-order valence-electron chi connectivity index (χ4n) is 4.23. The molecule has 6 nitrogen and oxygen atoms in total. The van der Waals surface area contributed by atoms with Gasteiger partial charge in [0, 0.05) is 26.2 Å². The topological polar surface area (TPSA) is 53.4 Å². The summed E-state index contributed by atoms with van der Waals surface area (Å²) in [5.41, 5.74) is 2.26. The maximum Gasteiger partial charge on any atom is 0.237 e. The van der Waals surface area contributed by atoms with Crippen molar-refractivity contribution in [1.82, 2.24) is 24.9 Å². The van der Waals surface area contributed by atoms with Crippen LogP contribution < -0.4 is 5.32 Å². The number of aryl methyl sites for hydroxylation is 1. The SMILES string of the molecule is CC(C)CN1CCCn2nc(CNC(=O)[C@H]3CCCCCN3C)cc2C1. The summed E-state index contributed by atoms with van der Waals surface area (Å²) in [6.45, 7) is 10.3. The number of carbonyl (C=O) groups is 1. The maximum atomic E-state index is 12.6. The minimum Gasteiger partial charge on any atom is -0.349 e. The summed E-state index contributed by atoms with van der Waals surface area (Å²) in [6.07, 6.45) is 5.68. The van der Waals surface area contributed by atoms with Crippen molar-refractivity contribution in [1.29, 1.82) is 0 Å². The number of nitrogens with zero attached hydrogens (tertiary/aromatic N) is 4. The quantitative estimate of drug-likeness (QED) is 0.874. The molecule has 1 fully saturated rings. The molecule has 1 atom stereocenters. The monoisotopic (exact) mass is 361 g/mol. The van der Waals surface area contributed by atoms with Crippen LogP contribution in [0.15, 0.2) is 6.07 Å². The molecule has 0 bridgehead atoms. The van der Waals surface area contributed by atoms with Gasteiger partial charge in [-0.05, 0) is 44.8 Å². The lowest BCUT2D eigenvalue weighted by atomic mass is 10.1. The van der Waals surface area contributed by atoms with Crippen molar-refractivity contribution in [2.75, 3.05) is 26.7 Å². The normalized spacial score (nSPS) is 22.7. The second-order valence-electron chi connectivity index (χ2n) is 8.40. The van der Waals surface area contributed by atoms with Gasteiger partial charge in [-0.2, -0.15) is 5.10 Å². The molecule has 1 amide bonds. The second kappa shape index (κ2) is 9.00. The molecule has 1 aromatic heterocycles. The van der Waals surface area contributed by atoms with Gasteiger partial charge in [-0.1, -0.05) is 26.7 Å². The summed E-state index contributed by atoms with van der Waals surface area (Å²) in [6, 6.07) is 2.19. The Labute approximate surface area is 157 Å². The molecule has 1 N–H and O–H groups in total. The molecule has 2 aliphatic heterocycles. The van der Waals surface area contributed by atoms with Gasteiger partial charge >= 0.3 is 0 Å². The number of rotatable bonds is 5. The van der Waals surface area contributed by atoms with E-state index in [4.69, 9.17) is 5.10 Å². The Bertz CT molecular complexity index is 597. The van der Waals surface area contributed by atoms with Crippen molar-refractivity contribution in [3.63, 3.8) is 0 Å². The van der Waals surface area contributed by atoms with E-state index in [1.165, 1.54) is 18.5 Å². The number of hydrogen-bond acceptors (Lipinski definition) is 4. The number of aromatic nitrogens is 2. The molecule has 2 aliphatic rings. The lowest BCUT2D eigenvalue weighted by molar-refractivity contribution is -0.126. The Morgan fingerprint density at radius 2 is 2.08 bits per heavy atom. The fourth-order valence-corrected chi connectivity index (χ4v) is 4.23. The lowest BCUT2D eigenvalue weighted by Crippen LogP contribution is -2.44. The average molecular weight is 362 g/mol. The third-order valence-corrected chi connectivity index (χ3v) is 5.53. The van der Waals surface area contributed by atoms with Gasteiger partial charge in [0.05, 0.1) is 24.0 Å². The van der Waals surface area contributed by atoms with Crippen LogP contribution in [-0.4, -0.2) is 58.2 Å². The summed E-state index contributed by atoms with van der Waals surface area (Å²) in [7, 11) is 2.07. The number of carbonyl (C=O) groups excluding carboxylic acids is 1. The van der Waals surface area contributed by atoms with E-state index in [1.54, 1.807) is 0 Å². The van der Waals surface area contributed by atoms with E-state index in [9.17, 15) is 4.79 Å². The molecule has 0 aromatic carbocycles. The number of nitrogens with one attached hydrogen (secondary N) is 1. The number of amides is 1. The van der Waals surface area contributed by atoms with Crippen LogP contribution in [-0.2, 0) is 24.4 Å². The third kappa shape index (κ3) is 5.07. The smallest absolute Gasteiger partial charge is 0.237 e. The molecule has 0 radical (unpaired) electrons. The Hall–Kier alpha value is -1.40. The molecule has 0 unspecified atom stereocenters. The summed E-state index contributed by atoms with van der Waals surface area (Å²) >= 11 is 0. The molecule has 3 heterocycles. The Morgan fingerprint density at radius 1 is 1.23 bits per heavy atom. The fraction of sp³-hybridized carbons (Fsp3) is 0.800. The van der Waals surface area contributed by atoms with Gasteiger partial charge in [0.25, 0.3) is 0 Å². The van der Waals surface area contributed by atoms with Gasteiger partial charge in [0.2, 0.25) is 5.91 Å². The molecule has 0 aliphatic carbocycles. The van der Waals surface area contributed by atoms with Crippen molar-refractivity contribution in [3.05, 3.63) is 17.5 Å². The van der Waals surface area contributed by atoms with Crippen molar-refractivity contribution < 1.29 is 4.79 Å². The van der Waals surface area contributed by atoms with Crippen LogP contribution in [0.3, 0.4) is 0 Å². The zero-order valence-electron chi connectivity index (χ0n) is 16.7. The largest absolute Gasteiger partial charge is 0.349 e. The molecule has 6 heteroatoms. The number of likely N-dealkylation sites (N-methyl/N-ethyl adjacent to an activating group) is 1. The van der Waals surface area contributed by atoms with Crippen molar-refractivity contribution >= 4 is 5.91 Å². The molecule has 1 saturated heterocycles. The molecule has 1 aromatic rings. The second-order valence-corrected chi connectivity index (χ2v) is 8.40. The first-order chi connectivity index (χ1) is 12.5. The number of fused-ring (bicyclic) bond motifs is 1. The van der Waals surface area contributed by atoms with Gasteiger partial charge < -0.3 is 5.32 Å². The van der Waals surface area contributed by atoms with Crippen LogP contribution in [0.2, 0.25) is 0 Å². The maximum absolute atomic E-state index is 12.6. The average Bonchev–Trinajstić information content (AvgIpc) is 2.72. The molecular weight excluding hydrogens is 326 g/mol. The summed E-state index contributed by atoms with van der Waals surface area (Å²) < 4.78 is 2.14. The van der Waals surface area contributed by atoms with E-state index < -0.39 is 0 Å². The molecule has 0 saturated carbocycles. The standard InChI is InChI=1S/C20H35N5O/c1-16(2)14-24-10-7-11-25-18(15-24)12-17(22-25)13-21-20(26)19-8-5-4-6-9-23(19)3/h12,16,19H,4-11,13-15H2,1-3H3,(H,21,26)/t19-/m1/s1. The van der Waals surface area contributed by atoms with Crippen molar-refractivity contribution in [3.8, 4) is 0 Å². The first-order valence-electron chi connectivity index (χ1n) is 10.3. The Morgan fingerprint density at radius 3 is 2.88 bits per heavy atom. The molecule has 3 rings (SSSR count). The zero-order chi connectivity index (χ0) is 18.5. The zero-order valence-corrected chi connectivity index (χ0v) is 16.7. The first kappa shape index (κ1) is 19.4. The minimum atomic E-state index is 0.0134. The van der Waals surface area contributed by atoms with E-state index in [0.717, 1.165) is 57.7 Å². The van der Waals surface area contributed by atoms with E-state index in [1.807, 2.05) is 0 Å². The highest BCUT2D eigenvalue weighted by molar-refractivity contribution is 5.81. The van der Waals surface area contributed by atoms with Gasteiger partial charge in [-0.3, -0.25) is 19.3 Å². The van der Waals surface area contributed by atoms with Crippen LogP contribution in [0.5, 0.6) is 0 Å². The van der Waals surface area contributed by atoms with E-state index in [0.29, 0.717) is 12.5 Å². The van der Waals surface area contributed by atoms with E-state index >= 15 is 0 Å². The van der Waals surface area contributed by atoms with Crippen LogP contribution in [0.25, 0.3) is 0 Å². The highest BCUT2D eigenvalue weighted by atomic mass is 16.2. The van der Waals surface area contributed by atoms with Gasteiger partial charge in [0.1, 0.15) is 0 Å². The minimum absolute atomic E-state index is 0.0134.